The predicted molar refractivity (Wildman–Crippen MR) is 139 cm³/mol. The lowest BCUT2D eigenvalue weighted by Crippen LogP contribution is -2.18. The Morgan fingerprint density at radius 3 is 1.92 bits per heavy atom. The normalized spacial score (nSPS) is 10.5. The Hall–Kier alpha value is -5.24. The molecule has 0 heterocycles. The summed E-state index contributed by atoms with van der Waals surface area (Å²) < 4.78 is 10.4. The van der Waals surface area contributed by atoms with Gasteiger partial charge in [0.15, 0.2) is 11.5 Å². The molecule has 2 N–H and O–H groups in total. The number of carbonyl (C=O) groups is 4. The molecule has 190 valence electrons. The Labute approximate surface area is 217 Å². The summed E-state index contributed by atoms with van der Waals surface area (Å²) in [5.41, 5.74) is -0.111. The lowest BCUT2D eigenvalue weighted by molar-refractivity contribution is 0.0816. The van der Waals surface area contributed by atoms with E-state index in [4.69, 9.17) is 9.47 Å². The zero-order valence-electron chi connectivity index (χ0n) is 20.4. The fraction of sp³-hybridized carbons (Fsp3) is 0.0667. The maximum absolute atomic E-state index is 13.5. The fourth-order valence-electron chi connectivity index (χ4n) is 4.06. The number of phenols is 2. The Balaban J connectivity index is 1.88. The van der Waals surface area contributed by atoms with E-state index in [1.165, 1.54) is 62.8 Å². The van der Waals surface area contributed by atoms with Gasteiger partial charge in [0.1, 0.15) is 11.5 Å². The molecule has 4 aromatic carbocycles. The zero-order chi connectivity index (χ0) is 27.4. The molecule has 0 aliphatic carbocycles. The minimum atomic E-state index is -0.998. The van der Waals surface area contributed by atoms with Gasteiger partial charge >= 0.3 is 0 Å². The van der Waals surface area contributed by atoms with Gasteiger partial charge in [-0.05, 0) is 29.8 Å². The Bertz CT molecular complexity index is 1570. The third kappa shape index (κ3) is 4.87. The van der Waals surface area contributed by atoms with Gasteiger partial charge in [-0.1, -0.05) is 54.6 Å². The lowest BCUT2D eigenvalue weighted by atomic mass is 9.87. The number of rotatable bonds is 9. The monoisotopic (exact) mass is 510 g/mol. The average molecular weight is 510 g/mol. The van der Waals surface area contributed by atoms with Crippen molar-refractivity contribution in [2.45, 2.75) is 0 Å². The maximum Gasteiger partial charge on any atom is 0.234 e. The number of ether oxygens (including phenoxy) is 2. The van der Waals surface area contributed by atoms with Gasteiger partial charge in [0, 0.05) is 33.9 Å². The summed E-state index contributed by atoms with van der Waals surface area (Å²) in [7, 11) is 2.60. The van der Waals surface area contributed by atoms with Crippen molar-refractivity contribution in [2.24, 2.45) is 0 Å². The van der Waals surface area contributed by atoms with Crippen LogP contribution in [0.1, 0.15) is 41.4 Å². The van der Waals surface area contributed by atoms with Crippen LogP contribution in [0, 0.1) is 0 Å². The molecule has 0 radical (unpaired) electrons. The quantitative estimate of drug-likeness (QED) is 0.240. The van der Waals surface area contributed by atoms with Gasteiger partial charge in [-0.2, -0.15) is 0 Å². The van der Waals surface area contributed by atoms with Crippen LogP contribution in [0.4, 0.5) is 0 Å². The number of methoxy groups -OCH3 is 2. The second-order valence-electron chi connectivity index (χ2n) is 8.19. The van der Waals surface area contributed by atoms with E-state index in [2.05, 4.69) is 0 Å². The van der Waals surface area contributed by atoms with Gasteiger partial charge in [0.05, 0.1) is 14.2 Å². The summed E-state index contributed by atoms with van der Waals surface area (Å²) in [6.45, 7) is 0. The standard InChI is InChI=1S/C30H22O8/c1-37-20-15-18(14-19(31)16-20)27(34)29(36)23-12-13-24(32)30(38-2)25(23)21-10-6-7-11-22(21)28(35)26(33)17-8-4-3-5-9-17/h3-16,31-32H,1-2H3. The van der Waals surface area contributed by atoms with Gasteiger partial charge in [-0.3, -0.25) is 19.2 Å². The highest BCUT2D eigenvalue weighted by Gasteiger charge is 2.30. The highest BCUT2D eigenvalue weighted by molar-refractivity contribution is 6.52. The molecular weight excluding hydrogens is 488 g/mol. The molecular formula is C30H22O8. The molecule has 0 spiro atoms. The SMILES string of the molecule is COc1cc(O)cc(C(=O)C(=O)c2ccc(O)c(OC)c2-c2ccccc2C(=O)C(=O)c2ccccc2)c1. The average Bonchev–Trinajstić information content (AvgIpc) is 2.95. The van der Waals surface area contributed by atoms with Gasteiger partial charge in [0.25, 0.3) is 0 Å². The minimum absolute atomic E-state index is 0.0391. The summed E-state index contributed by atoms with van der Waals surface area (Å²) in [6.07, 6.45) is 0. The van der Waals surface area contributed by atoms with Crippen LogP contribution in [-0.4, -0.2) is 47.6 Å². The number of phenolic OH excluding ortho intramolecular Hbond substituents is 2. The van der Waals surface area contributed by atoms with Crippen molar-refractivity contribution in [1.82, 2.24) is 0 Å². The van der Waals surface area contributed by atoms with E-state index in [9.17, 15) is 29.4 Å². The number of benzene rings is 4. The topological polar surface area (TPSA) is 127 Å². The Kier molecular flexibility index (Phi) is 7.34. The molecule has 0 unspecified atom stereocenters. The molecule has 8 heteroatoms. The molecule has 0 saturated carbocycles. The number of ketones is 4. The molecule has 0 amide bonds. The van der Waals surface area contributed by atoms with Crippen molar-refractivity contribution in [3.63, 3.8) is 0 Å². The van der Waals surface area contributed by atoms with E-state index in [0.717, 1.165) is 6.07 Å². The summed E-state index contributed by atoms with van der Waals surface area (Å²) >= 11 is 0. The first-order valence-corrected chi connectivity index (χ1v) is 11.4. The first kappa shape index (κ1) is 25.8. The zero-order valence-corrected chi connectivity index (χ0v) is 20.4. The van der Waals surface area contributed by atoms with Crippen molar-refractivity contribution >= 4 is 23.1 Å². The van der Waals surface area contributed by atoms with Crippen molar-refractivity contribution in [3.05, 3.63) is 107 Å². The summed E-state index contributed by atoms with van der Waals surface area (Å²) in [5, 5.41) is 20.5. The Morgan fingerprint density at radius 2 is 1.24 bits per heavy atom. The molecule has 0 fully saturated rings. The van der Waals surface area contributed by atoms with Crippen LogP contribution in [0.25, 0.3) is 11.1 Å². The molecule has 0 atom stereocenters. The lowest BCUT2D eigenvalue weighted by Gasteiger charge is -2.17. The summed E-state index contributed by atoms with van der Waals surface area (Å²) in [4.78, 5) is 53.0. The van der Waals surface area contributed by atoms with Crippen molar-refractivity contribution in [1.29, 1.82) is 0 Å². The van der Waals surface area contributed by atoms with Crippen molar-refractivity contribution in [3.8, 4) is 34.1 Å². The highest BCUT2D eigenvalue weighted by Crippen LogP contribution is 2.42. The van der Waals surface area contributed by atoms with Crippen LogP contribution < -0.4 is 9.47 Å². The van der Waals surface area contributed by atoms with E-state index in [0.29, 0.717) is 0 Å². The smallest absolute Gasteiger partial charge is 0.234 e. The number of aromatic hydroxyl groups is 2. The Morgan fingerprint density at radius 1 is 0.605 bits per heavy atom. The van der Waals surface area contributed by atoms with Crippen LogP contribution >= 0.6 is 0 Å². The van der Waals surface area contributed by atoms with Crippen LogP contribution in [0.2, 0.25) is 0 Å². The van der Waals surface area contributed by atoms with Crippen LogP contribution in [-0.2, 0) is 0 Å². The number of hydrogen-bond acceptors (Lipinski definition) is 8. The molecule has 0 aliphatic rings. The third-order valence-corrected chi connectivity index (χ3v) is 5.86. The first-order valence-electron chi connectivity index (χ1n) is 11.4. The molecule has 8 nitrogen and oxygen atoms in total. The first-order chi connectivity index (χ1) is 18.3. The third-order valence-electron chi connectivity index (χ3n) is 5.86. The largest absolute Gasteiger partial charge is 0.508 e. The molecule has 0 aromatic heterocycles. The van der Waals surface area contributed by atoms with Gasteiger partial charge in [-0.25, -0.2) is 0 Å². The van der Waals surface area contributed by atoms with Crippen LogP contribution in [0.3, 0.4) is 0 Å². The van der Waals surface area contributed by atoms with E-state index < -0.39 is 23.1 Å². The fourth-order valence-corrected chi connectivity index (χ4v) is 4.06. The summed E-state index contributed by atoms with van der Waals surface area (Å²) in [5.74, 6) is -4.21. The second-order valence-corrected chi connectivity index (χ2v) is 8.19. The van der Waals surface area contributed by atoms with E-state index in [1.54, 1.807) is 30.3 Å². The summed E-state index contributed by atoms with van der Waals surface area (Å²) in [6, 6.07) is 20.1. The molecule has 0 aliphatic heterocycles. The van der Waals surface area contributed by atoms with E-state index >= 15 is 0 Å². The van der Waals surface area contributed by atoms with Crippen LogP contribution in [0.5, 0.6) is 23.0 Å². The molecule has 0 saturated heterocycles. The molecule has 0 bridgehead atoms. The van der Waals surface area contributed by atoms with E-state index in [-0.39, 0.29) is 56.4 Å². The minimum Gasteiger partial charge on any atom is -0.508 e. The van der Waals surface area contributed by atoms with Crippen molar-refractivity contribution in [2.75, 3.05) is 14.2 Å². The van der Waals surface area contributed by atoms with Gasteiger partial charge in [0.2, 0.25) is 23.1 Å². The molecule has 38 heavy (non-hydrogen) atoms. The van der Waals surface area contributed by atoms with Crippen LogP contribution in [0.15, 0.2) is 84.9 Å². The number of Topliss-reactive ketones (excluding diaryl/α,β-unsaturated/α-hetero) is 4. The molecule has 4 aromatic rings. The van der Waals surface area contributed by atoms with Gasteiger partial charge in [-0.15, -0.1) is 0 Å². The maximum atomic E-state index is 13.5. The number of hydrogen-bond donors (Lipinski definition) is 2. The molecule has 4 rings (SSSR count). The number of carbonyl (C=O) groups excluding carboxylic acids is 4. The second kappa shape index (κ2) is 10.8. The highest BCUT2D eigenvalue weighted by atomic mass is 16.5. The van der Waals surface area contributed by atoms with E-state index in [1.807, 2.05) is 0 Å². The predicted octanol–water partition coefficient (Wildman–Crippen LogP) is 4.91. The van der Waals surface area contributed by atoms with Crippen molar-refractivity contribution < 1.29 is 38.9 Å². The van der Waals surface area contributed by atoms with Gasteiger partial charge < -0.3 is 19.7 Å².